The summed E-state index contributed by atoms with van der Waals surface area (Å²) in [4.78, 5) is 0. The molecule has 0 unspecified atom stereocenters. The van der Waals surface area contributed by atoms with Crippen LogP contribution in [0.25, 0.3) is 0 Å². The lowest BCUT2D eigenvalue weighted by atomic mass is 10.2. The zero-order valence-corrected chi connectivity index (χ0v) is 7.28. The van der Waals surface area contributed by atoms with Crippen LogP contribution in [0.5, 0.6) is 0 Å². The molecule has 1 rings (SSSR count). The van der Waals surface area contributed by atoms with E-state index in [1.807, 2.05) is 0 Å². The van der Waals surface area contributed by atoms with Crippen LogP contribution in [0, 0.1) is 0 Å². The van der Waals surface area contributed by atoms with Gasteiger partial charge < -0.3 is 5.21 Å². The predicted molar refractivity (Wildman–Crippen MR) is 42.0 cm³/mol. The van der Waals surface area contributed by atoms with Gasteiger partial charge in [-0.05, 0) is 0 Å². The van der Waals surface area contributed by atoms with Crippen molar-refractivity contribution in [2.24, 2.45) is 12.2 Å². The normalized spacial score (nSPS) is 12.3. The van der Waals surface area contributed by atoms with E-state index < -0.39 is 11.7 Å². The molecule has 3 nitrogen and oxygen atoms in total. The Bertz CT molecular complexity index is 360. The Balaban J connectivity index is 3.19. The van der Waals surface area contributed by atoms with Crippen LogP contribution in [0.1, 0.15) is 11.3 Å². The molecule has 0 spiro atoms. The first kappa shape index (κ1) is 10.5. The van der Waals surface area contributed by atoms with Crippen LogP contribution in [0.2, 0.25) is 0 Å². The number of alkyl halides is 3. The van der Waals surface area contributed by atoms with Gasteiger partial charge in [-0.2, -0.15) is 13.2 Å². The fraction of sp³-hybridized carbons (Fsp3) is 0.250. The molecule has 1 aromatic heterocycles. The van der Waals surface area contributed by atoms with Gasteiger partial charge in [-0.25, -0.2) is 4.57 Å². The summed E-state index contributed by atoms with van der Waals surface area (Å²) in [7, 11) is 1.55. The fourth-order valence-corrected chi connectivity index (χ4v) is 0.951. The second-order valence-corrected chi connectivity index (χ2v) is 2.69. The van der Waals surface area contributed by atoms with Crippen molar-refractivity contribution >= 4 is 6.21 Å². The highest BCUT2D eigenvalue weighted by atomic mass is 19.4. The number of pyridine rings is 1. The Morgan fingerprint density at radius 1 is 1.50 bits per heavy atom. The maximum Gasteiger partial charge on any atom is 0.416 e. The Morgan fingerprint density at radius 2 is 2.14 bits per heavy atom. The number of nitrogens with zero attached hydrogens (tertiary/aromatic N) is 2. The van der Waals surface area contributed by atoms with Crippen molar-refractivity contribution in [1.29, 1.82) is 0 Å². The van der Waals surface area contributed by atoms with E-state index in [2.05, 4.69) is 5.16 Å². The number of hydrogen-bond donors (Lipinski definition) is 1. The van der Waals surface area contributed by atoms with E-state index in [1.54, 1.807) is 7.05 Å². The third kappa shape index (κ3) is 2.21. The molecule has 0 saturated heterocycles. The van der Waals surface area contributed by atoms with Gasteiger partial charge in [-0.3, -0.25) is 0 Å². The maximum atomic E-state index is 12.2. The Hall–Kier alpha value is -1.59. The van der Waals surface area contributed by atoms with E-state index in [-0.39, 0.29) is 5.69 Å². The quantitative estimate of drug-likeness (QED) is 0.319. The van der Waals surface area contributed by atoms with Gasteiger partial charge in [-0.1, -0.05) is 5.16 Å². The maximum absolute atomic E-state index is 12.2. The van der Waals surface area contributed by atoms with Crippen LogP contribution in [0.3, 0.4) is 0 Å². The van der Waals surface area contributed by atoms with Crippen molar-refractivity contribution in [2.75, 3.05) is 0 Å². The molecule has 0 bridgehead atoms. The Morgan fingerprint density at radius 3 is 2.64 bits per heavy atom. The minimum atomic E-state index is -4.38. The molecule has 0 amide bonds. The van der Waals surface area contributed by atoms with Crippen LogP contribution in [-0.2, 0) is 13.2 Å². The molecule has 0 fully saturated rings. The molecule has 6 heteroatoms. The number of oxime groups is 1. The summed E-state index contributed by atoms with van der Waals surface area (Å²) in [6.45, 7) is 0. The van der Waals surface area contributed by atoms with Crippen LogP contribution in [0.4, 0.5) is 13.2 Å². The summed E-state index contributed by atoms with van der Waals surface area (Å²) < 4.78 is 38.1. The van der Waals surface area contributed by atoms with Crippen LogP contribution in [-0.4, -0.2) is 11.4 Å². The number of halogens is 3. The molecule has 1 N–H and O–H groups in total. The monoisotopic (exact) mass is 205 g/mol. The van der Waals surface area contributed by atoms with Crippen molar-refractivity contribution in [3.8, 4) is 0 Å². The van der Waals surface area contributed by atoms with E-state index in [1.165, 1.54) is 10.8 Å². The van der Waals surface area contributed by atoms with E-state index >= 15 is 0 Å². The minimum Gasteiger partial charge on any atom is -0.411 e. The minimum absolute atomic E-state index is 0.169. The predicted octanol–water partition coefficient (Wildman–Crippen LogP) is 1.34. The summed E-state index contributed by atoms with van der Waals surface area (Å²) >= 11 is 0. The highest BCUT2D eigenvalue weighted by Crippen LogP contribution is 2.28. The molecule has 1 heterocycles. The zero-order chi connectivity index (χ0) is 10.8. The van der Waals surface area contributed by atoms with Crippen LogP contribution < -0.4 is 4.57 Å². The first-order valence-electron chi connectivity index (χ1n) is 3.69. The highest BCUT2D eigenvalue weighted by molar-refractivity contribution is 5.74. The molecular weight excluding hydrogens is 197 g/mol. The lowest BCUT2D eigenvalue weighted by Gasteiger charge is -2.05. The van der Waals surface area contributed by atoms with Gasteiger partial charge in [0.25, 0.3) is 0 Å². The van der Waals surface area contributed by atoms with E-state index in [0.29, 0.717) is 0 Å². The van der Waals surface area contributed by atoms with Crippen molar-refractivity contribution in [1.82, 2.24) is 0 Å². The van der Waals surface area contributed by atoms with Gasteiger partial charge in [-0.15, -0.1) is 0 Å². The number of rotatable bonds is 1. The van der Waals surface area contributed by atoms with Crippen LogP contribution >= 0.6 is 0 Å². The van der Waals surface area contributed by atoms with E-state index in [4.69, 9.17) is 5.21 Å². The number of aromatic nitrogens is 1. The molecule has 1 aromatic rings. The van der Waals surface area contributed by atoms with Gasteiger partial charge in [0.15, 0.2) is 6.20 Å². The number of hydrogen-bond acceptors (Lipinski definition) is 2. The third-order valence-electron chi connectivity index (χ3n) is 1.71. The molecule has 0 atom stereocenters. The van der Waals surface area contributed by atoms with Crippen molar-refractivity contribution in [3.63, 3.8) is 0 Å². The zero-order valence-electron chi connectivity index (χ0n) is 7.28. The summed E-state index contributed by atoms with van der Waals surface area (Å²) in [5.41, 5.74) is -0.604. The summed E-state index contributed by atoms with van der Waals surface area (Å²) in [6, 6.07) is 1.86. The Labute approximate surface area is 78.1 Å². The lowest BCUT2D eigenvalue weighted by molar-refractivity contribution is -0.672. The molecule has 0 aliphatic rings. The molecule has 0 radical (unpaired) electrons. The average Bonchev–Trinajstić information content (AvgIpc) is 2.07. The topological polar surface area (TPSA) is 36.5 Å². The molecule has 0 aliphatic carbocycles. The summed E-state index contributed by atoms with van der Waals surface area (Å²) in [5.74, 6) is 0. The van der Waals surface area contributed by atoms with Gasteiger partial charge in [0.2, 0.25) is 5.69 Å². The third-order valence-corrected chi connectivity index (χ3v) is 1.71. The van der Waals surface area contributed by atoms with Crippen molar-refractivity contribution in [3.05, 3.63) is 29.6 Å². The van der Waals surface area contributed by atoms with Gasteiger partial charge in [0.05, 0.1) is 5.56 Å². The molecule has 0 saturated carbocycles. The first-order valence-corrected chi connectivity index (χ1v) is 3.69. The smallest absolute Gasteiger partial charge is 0.411 e. The molecule has 14 heavy (non-hydrogen) atoms. The molecule has 76 valence electrons. The largest absolute Gasteiger partial charge is 0.416 e. The summed E-state index contributed by atoms with van der Waals surface area (Å²) in [6.07, 6.45) is -2.19. The SMILES string of the molecule is C[n+]1ccc(C(F)(F)F)cc1/C=N/O. The van der Waals surface area contributed by atoms with Gasteiger partial charge in [0.1, 0.15) is 13.3 Å². The summed E-state index contributed by atoms with van der Waals surface area (Å²) in [5, 5.41) is 10.9. The van der Waals surface area contributed by atoms with Crippen molar-refractivity contribution in [2.45, 2.75) is 6.18 Å². The second-order valence-electron chi connectivity index (χ2n) is 2.69. The van der Waals surface area contributed by atoms with Gasteiger partial charge >= 0.3 is 6.18 Å². The number of aryl methyl sites for hydroxylation is 1. The molecular formula is C8H8F3N2O+. The first-order chi connectivity index (χ1) is 6.45. The Kier molecular flexibility index (Phi) is 2.73. The highest BCUT2D eigenvalue weighted by Gasteiger charge is 2.32. The molecule has 0 aliphatic heterocycles. The van der Waals surface area contributed by atoms with E-state index in [0.717, 1.165) is 18.3 Å². The van der Waals surface area contributed by atoms with E-state index in [9.17, 15) is 13.2 Å². The fourth-order valence-electron chi connectivity index (χ4n) is 0.951. The molecule has 0 aromatic carbocycles. The van der Waals surface area contributed by atoms with Gasteiger partial charge in [0, 0.05) is 12.1 Å². The van der Waals surface area contributed by atoms with Crippen molar-refractivity contribution < 1.29 is 22.9 Å². The standard InChI is InChI=1S/C8H7F3N2O/c1-13-3-2-6(8(9,10)11)4-7(13)5-12-14/h2-5H,1H3/p+1. The average molecular weight is 205 g/mol. The van der Waals surface area contributed by atoms with Crippen LogP contribution in [0.15, 0.2) is 23.5 Å². The lowest BCUT2D eigenvalue weighted by Crippen LogP contribution is -2.33. The second kappa shape index (κ2) is 3.65.